The topological polar surface area (TPSA) is 44.5 Å². The van der Waals surface area contributed by atoms with E-state index in [1.165, 1.54) is 16.5 Å². The van der Waals surface area contributed by atoms with E-state index in [1.54, 1.807) is 11.8 Å². The molecule has 4 rings (SSSR count). The van der Waals surface area contributed by atoms with Crippen molar-refractivity contribution in [1.29, 1.82) is 0 Å². The molecule has 0 spiro atoms. The van der Waals surface area contributed by atoms with Crippen molar-refractivity contribution in [2.24, 2.45) is 0 Å². The maximum Gasteiger partial charge on any atom is 0.166 e. The molecule has 0 aliphatic carbocycles. The highest BCUT2D eigenvalue weighted by molar-refractivity contribution is 7.98. The standard InChI is InChI=1S/C16H13N3S/c1-2-6-13-12(5-1)11(9-17-13)10-20-16-18-14-7-3-4-8-15(14)19-16/h1-9,17H,10H2,(H,18,19). The number of hydrogen-bond acceptors (Lipinski definition) is 2. The molecule has 0 aliphatic heterocycles. The number of imidazole rings is 1. The van der Waals surface area contributed by atoms with Gasteiger partial charge in [-0.25, -0.2) is 4.98 Å². The highest BCUT2D eigenvalue weighted by atomic mass is 32.2. The first-order valence-electron chi connectivity index (χ1n) is 6.53. The Hall–Kier alpha value is -2.20. The molecule has 0 unspecified atom stereocenters. The van der Waals surface area contributed by atoms with Crippen molar-refractivity contribution in [3.05, 3.63) is 60.3 Å². The summed E-state index contributed by atoms with van der Waals surface area (Å²) in [5, 5.41) is 2.26. The van der Waals surface area contributed by atoms with E-state index in [4.69, 9.17) is 0 Å². The molecule has 3 nitrogen and oxygen atoms in total. The van der Waals surface area contributed by atoms with Crippen LogP contribution in [0.4, 0.5) is 0 Å². The lowest BCUT2D eigenvalue weighted by Gasteiger charge is -1.97. The van der Waals surface area contributed by atoms with E-state index in [1.807, 2.05) is 18.2 Å². The second-order valence-electron chi connectivity index (χ2n) is 4.71. The number of thioether (sulfide) groups is 1. The summed E-state index contributed by atoms with van der Waals surface area (Å²) in [5.74, 6) is 0.907. The fourth-order valence-corrected chi connectivity index (χ4v) is 3.27. The Morgan fingerprint density at radius 2 is 1.75 bits per heavy atom. The van der Waals surface area contributed by atoms with Gasteiger partial charge in [-0.15, -0.1) is 0 Å². The minimum atomic E-state index is 0.907. The fraction of sp³-hybridized carbons (Fsp3) is 0.0625. The predicted molar refractivity (Wildman–Crippen MR) is 84.0 cm³/mol. The molecule has 0 saturated heterocycles. The van der Waals surface area contributed by atoms with Gasteiger partial charge in [0.15, 0.2) is 5.16 Å². The summed E-state index contributed by atoms with van der Waals surface area (Å²) in [4.78, 5) is 11.2. The van der Waals surface area contributed by atoms with Gasteiger partial charge < -0.3 is 9.97 Å². The van der Waals surface area contributed by atoms with Crippen molar-refractivity contribution in [2.45, 2.75) is 10.9 Å². The number of para-hydroxylation sites is 3. The van der Waals surface area contributed by atoms with Gasteiger partial charge in [-0.2, -0.15) is 0 Å². The van der Waals surface area contributed by atoms with Gasteiger partial charge in [0, 0.05) is 22.9 Å². The quantitative estimate of drug-likeness (QED) is 0.548. The Labute approximate surface area is 120 Å². The average Bonchev–Trinajstić information content (AvgIpc) is 3.08. The summed E-state index contributed by atoms with van der Waals surface area (Å²) < 4.78 is 0. The molecule has 98 valence electrons. The Morgan fingerprint density at radius 1 is 0.950 bits per heavy atom. The summed E-state index contributed by atoms with van der Waals surface area (Å²) in [6.45, 7) is 0. The first kappa shape index (κ1) is 11.6. The molecule has 0 radical (unpaired) electrons. The first-order chi connectivity index (χ1) is 9.90. The van der Waals surface area contributed by atoms with E-state index in [9.17, 15) is 0 Å². The van der Waals surface area contributed by atoms with Crippen LogP contribution >= 0.6 is 11.8 Å². The molecule has 0 fully saturated rings. The van der Waals surface area contributed by atoms with Crippen LogP contribution in [0, 0.1) is 0 Å². The second-order valence-corrected chi connectivity index (χ2v) is 5.67. The third-order valence-corrected chi connectivity index (χ3v) is 4.33. The molecular weight excluding hydrogens is 266 g/mol. The summed E-state index contributed by atoms with van der Waals surface area (Å²) >= 11 is 1.73. The maximum atomic E-state index is 4.59. The predicted octanol–water partition coefficient (Wildman–Crippen LogP) is 4.34. The van der Waals surface area contributed by atoms with Crippen LogP contribution in [0.2, 0.25) is 0 Å². The summed E-state index contributed by atoms with van der Waals surface area (Å²) in [5.41, 5.74) is 4.61. The molecule has 0 bridgehead atoms. The van der Waals surface area contributed by atoms with Crippen LogP contribution in [-0.4, -0.2) is 15.0 Å². The minimum absolute atomic E-state index is 0.907. The normalized spacial score (nSPS) is 11.4. The molecule has 2 aromatic carbocycles. The monoisotopic (exact) mass is 279 g/mol. The number of H-pyrrole nitrogens is 2. The van der Waals surface area contributed by atoms with E-state index < -0.39 is 0 Å². The van der Waals surface area contributed by atoms with Crippen LogP contribution in [0.1, 0.15) is 5.56 Å². The molecule has 2 aromatic heterocycles. The molecule has 2 heterocycles. The SMILES string of the molecule is c1ccc2[nH]c(SCc3c[nH]c4ccccc34)nc2c1. The van der Waals surface area contributed by atoms with E-state index in [-0.39, 0.29) is 0 Å². The van der Waals surface area contributed by atoms with E-state index >= 15 is 0 Å². The Morgan fingerprint density at radius 3 is 2.65 bits per heavy atom. The summed E-state index contributed by atoms with van der Waals surface area (Å²) in [6.07, 6.45) is 2.08. The van der Waals surface area contributed by atoms with Gasteiger partial charge in [-0.3, -0.25) is 0 Å². The number of nitrogens with one attached hydrogen (secondary N) is 2. The Bertz CT molecular complexity index is 842. The largest absolute Gasteiger partial charge is 0.361 e. The van der Waals surface area contributed by atoms with Gasteiger partial charge in [0.1, 0.15) is 0 Å². The molecule has 20 heavy (non-hydrogen) atoms. The zero-order valence-corrected chi connectivity index (χ0v) is 11.6. The third-order valence-electron chi connectivity index (χ3n) is 3.41. The van der Waals surface area contributed by atoms with Gasteiger partial charge >= 0.3 is 0 Å². The zero-order chi connectivity index (χ0) is 13.4. The first-order valence-corrected chi connectivity index (χ1v) is 7.51. The van der Waals surface area contributed by atoms with E-state index in [0.29, 0.717) is 0 Å². The van der Waals surface area contributed by atoms with Crippen LogP contribution in [0.3, 0.4) is 0 Å². The third kappa shape index (κ3) is 1.98. The zero-order valence-electron chi connectivity index (χ0n) is 10.8. The summed E-state index contributed by atoms with van der Waals surface area (Å²) in [6, 6.07) is 16.5. The lowest BCUT2D eigenvalue weighted by molar-refractivity contribution is 1.08. The van der Waals surface area contributed by atoms with Crippen molar-refractivity contribution < 1.29 is 0 Å². The van der Waals surface area contributed by atoms with Crippen LogP contribution in [-0.2, 0) is 5.75 Å². The van der Waals surface area contributed by atoms with Crippen LogP contribution in [0.5, 0.6) is 0 Å². The van der Waals surface area contributed by atoms with Gasteiger partial charge in [0.05, 0.1) is 11.0 Å². The van der Waals surface area contributed by atoms with E-state index in [0.717, 1.165) is 21.9 Å². The number of nitrogens with zero attached hydrogens (tertiary/aromatic N) is 1. The lowest BCUT2D eigenvalue weighted by Crippen LogP contribution is -1.79. The molecule has 0 aliphatic rings. The number of fused-ring (bicyclic) bond motifs is 2. The smallest absolute Gasteiger partial charge is 0.166 e. The molecule has 0 atom stereocenters. The van der Waals surface area contributed by atoms with Crippen molar-refractivity contribution >= 4 is 33.7 Å². The highest BCUT2D eigenvalue weighted by Gasteiger charge is 2.06. The maximum absolute atomic E-state index is 4.59. The Kier molecular flexibility index (Phi) is 2.74. The molecular formula is C16H13N3S. The van der Waals surface area contributed by atoms with Crippen molar-refractivity contribution in [1.82, 2.24) is 15.0 Å². The van der Waals surface area contributed by atoms with Crippen LogP contribution in [0.25, 0.3) is 21.9 Å². The molecule has 4 aromatic rings. The Balaban J connectivity index is 1.60. The molecule has 2 N–H and O–H groups in total. The van der Waals surface area contributed by atoms with Gasteiger partial charge in [-0.05, 0) is 23.8 Å². The van der Waals surface area contributed by atoms with Crippen molar-refractivity contribution in [3.63, 3.8) is 0 Å². The number of aromatic amines is 2. The number of aromatic nitrogens is 3. The lowest BCUT2D eigenvalue weighted by atomic mass is 10.2. The molecule has 4 heteroatoms. The minimum Gasteiger partial charge on any atom is -0.361 e. The number of benzene rings is 2. The van der Waals surface area contributed by atoms with Crippen LogP contribution < -0.4 is 0 Å². The fourth-order valence-electron chi connectivity index (χ4n) is 2.39. The molecule has 0 amide bonds. The number of hydrogen-bond donors (Lipinski definition) is 2. The summed E-state index contributed by atoms with van der Waals surface area (Å²) in [7, 11) is 0. The average molecular weight is 279 g/mol. The van der Waals surface area contributed by atoms with Gasteiger partial charge in [0.2, 0.25) is 0 Å². The number of rotatable bonds is 3. The second kappa shape index (κ2) is 4.72. The van der Waals surface area contributed by atoms with Gasteiger partial charge in [-0.1, -0.05) is 42.1 Å². The van der Waals surface area contributed by atoms with Crippen molar-refractivity contribution in [2.75, 3.05) is 0 Å². The van der Waals surface area contributed by atoms with Gasteiger partial charge in [0.25, 0.3) is 0 Å². The highest BCUT2D eigenvalue weighted by Crippen LogP contribution is 2.26. The molecule has 0 saturated carbocycles. The van der Waals surface area contributed by atoms with E-state index in [2.05, 4.69) is 51.5 Å². The van der Waals surface area contributed by atoms with Crippen molar-refractivity contribution in [3.8, 4) is 0 Å². The van der Waals surface area contributed by atoms with Crippen LogP contribution in [0.15, 0.2) is 59.9 Å².